The van der Waals surface area contributed by atoms with Gasteiger partial charge in [-0.2, -0.15) is 0 Å². The molecule has 0 aliphatic carbocycles. The second-order valence-corrected chi connectivity index (χ2v) is 3.64. The molecule has 2 nitrogen and oxygen atoms in total. The Bertz CT molecular complexity index is 246. The predicted octanol–water partition coefficient (Wildman–Crippen LogP) is 2.82. The monoisotopic (exact) mass is 242 g/mol. The molecule has 1 rings (SSSR count). The summed E-state index contributed by atoms with van der Waals surface area (Å²) in [6.07, 6.45) is 3.06. The normalized spacial score (nSPS) is 10.1. The van der Waals surface area contributed by atoms with E-state index >= 15 is 0 Å². The van der Waals surface area contributed by atoms with Crippen molar-refractivity contribution in [3.63, 3.8) is 0 Å². The molecule has 0 saturated heterocycles. The SMILES string of the molecule is CCCN(C)c1ccc(CBr)cn1. The van der Waals surface area contributed by atoms with Crippen molar-refractivity contribution in [2.45, 2.75) is 18.7 Å². The van der Waals surface area contributed by atoms with Crippen LogP contribution in [0.15, 0.2) is 18.3 Å². The highest BCUT2D eigenvalue weighted by Gasteiger charge is 1.99. The first kappa shape index (κ1) is 10.5. The van der Waals surface area contributed by atoms with E-state index in [-0.39, 0.29) is 0 Å². The molecule has 0 amide bonds. The van der Waals surface area contributed by atoms with Gasteiger partial charge in [0, 0.05) is 25.1 Å². The van der Waals surface area contributed by atoms with Gasteiger partial charge < -0.3 is 4.90 Å². The molecule has 72 valence electrons. The molecule has 0 atom stereocenters. The van der Waals surface area contributed by atoms with E-state index in [4.69, 9.17) is 0 Å². The summed E-state index contributed by atoms with van der Waals surface area (Å²) in [7, 11) is 2.07. The fourth-order valence-corrected chi connectivity index (χ4v) is 1.50. The molecule has 3 heteroatoms. The molecular formula is C10H15BrN2. The molecule has 0 N–H and O–H groups in total. The topological polar surface area (TPSA) is 16.1 Å². The molecule has 0 spiro atoms. The van der Waals surface area contributed by atoms with Crippen LogP contribution in [0.5, 0.6) is 0 Å². The predicted molar refractivity (Wildman–Crippen MR) is 60.4 cm³/mol. The highest BCUT2D eigenvalue weighted by molar-refractivity contribution is 9.08. The van der Waals surface area contributed by atoms with E-state index < -0.39 is 0 Å². The van der Waals surface area contributed by atoms with Gasteiger partial charge in [-0.25, -0.2) is 4.98 Å². The van der Waals surface area contributed by atoms with Crippen LogP contribution < -0.4 is 4.90 Å². The van der Waals surface area contributed by atoms with Crippen molar-refractivity contribution in [3.05, 3.63) is 23.9 Å². The van der Waals surface area contributed by atoms with Crippen LogP contribution in [0, 0.1) is 0 Å². The Morgan fingerprint density at radius 2 is 2.23 bits per heavy atom. The quantitative estimate of drug-likeness (QED) is 0.756. The van der Waals surface area contributed by atoms with Crippen molar-refractivity contribution in [2.75, 3.05) is 18.5 Å². The number of aromatic nitrogens is 1. The molecule has 0 unspecified atom stereocenters. The first-order valence-corrected chi connectivity index (χ1v) is 5.62. The van der Waals surface area contributed by atoms with Crippen LogP contribution in [0.3, 0.4) is 0 Å². The average molecular weight is 243 g/mol. The van der Waals surface area contributed by atoms with E-state index in [0.717, 1.165) is 24.1 Å². The van der Waals surface area contributed by atoms with Crippen molar-refractivity contribution in [3.8, 4) is 0 Å². The highest BCUT2D eigenvalue weighted by Crippen LogP contribution is 2.11. The van der Waals surface area contributed by atoms with Crippen LogP contribution in [0.2, 0.25) is 0 Å². The maximum atomic E-state index is 4.36. The summed E-state index contributed by atoms with van der Waals surface area (Å²) in [5.41, 5.74) is 1.22. The zero-order valence-corrected chi connectivity index (χ0v) is 9.71. The molecule has 0 bridgehead atoms. The third-order valence-electron chi connectivity index (χ3n) is 1.91. The minimum atomic E-state index is 0.873. The Kier molecular flexibility index (Phi) is 4.22. The van der Waals surface area contributed by atoms with Crippen molar-refractivity contribution < 1.29 is 0 Å². The van der Waals surface area contributed by atoms with Crippen molar-refractivity contribution in [1.82, 2.24) is 4.98 Å². The smallest absolute Gasteiger partial charge is 0.128 e. The molecule has 0 fully saturated rings. The second-order valence-electron chi connectivity index (χ2n) is 3.08. The lowest BCUT2D eigenvalue weighted by atomic mass is 10.3. The fourth-order valence-electron chi connectivity index (χ4n) is 1.17. The molecule has 0 aliphatic rings. The molecule has 0 radical (unpaired) electrons. The van der Waals surface area contributed by atoms with Crippen molar-refractivity contribution in [2.24, 2.45) is 0 Å². The molecule has 1 aromatic rings. The number of rotatable bonds is 4. The Labute approximate surface area is 88.1 Å². The van der Waals surface area contributed by atoms with Gasteiger partial charge >= 0.3 is 0 Å². The second kappa shape index (κ2) is 5.22. The number of nitrogens with zero attached hydrogens (tertiary/aromatic N) is 2. The molecule has 0 aromatic carbocycles. The largest absolute Gasteiger partial charge is 0.360 e. The summed E-state index contributed by atoms with van der Waals surface area (Å²) >= 11 is 3.40. The van der Waals surface area contributed by atoms with Crippen LogP contribution >= 0.6 is 15.9 Å². The van der Waals surface area contributed by atoms with Gasteiger partial charge in [-0.05, 0) is 18.1 Å². The summed E-state index contributed by atoms with van der Waals surface area (Å²) in [4.78, 5) is 6.53. The van der Waals surface area contributed by atoms with Crippen LogP contribution in [-0.4, -0.2) is 18.6 Å². The average Bonchev–Trinajstić information content (AvgIpc) is 2.18. The summed E-state index contributed by atoms with van der Waals surface area (Å²) in [5.74, 6) is 1.05. The van der Waals surface area contributed by atoms with Gasteiger partial charge in [0.05, 0.1) is 0 Å². The van der Waals surface area contributed by atoms with E-state index in [2.05, 4.69) is 51.9 Å². The Morgan fingerprint density at radius 3 is 2.69 bits per heavy atom. The van der Waals surface area contributed by atoms with Gasteiger partial charge in [0.15, 0.2) is 0 Å². The molecule has 1 aromatic heterocycles. The minimum absolute atomic E-state index is 0.873. The number of halogens is 1. The lowest BCUT2D eigenvalue weighted by Gasteiger charge is -2.16. The molecule has 13 heavy (non-hydrogen) atoms. The van der Waals surface area contributed by atoms with Crippen LogP contribution in [0.25, 0.3) is 0 Å². The number of hydrogen-bond acceptors (Lipinski definition) is 2. The first-order valence-electron chi connectivity index (χ1n) is 4.50. The Hall–Kier alpha value is -0.570. The van der Waals surface area contributed by atoms with E-state index in [1.54, 1.807) is 0 Å². The number of alkyl halides is 1. The summed E-state index contributed by atoms with van der Waals surface area (Å²) in [6.45, 7) is 3.23. The summed E-state index contributed by atoms with van der Waals surface area (Å²) in [5, 5.41) is 0.873. The van der Waals surface area contributed by atoms with Crippen molar-refractivity contribution in [1.29, 1.82) is 0 Å². The maximum Gasteiger partial charge on any atom is 0.128 e. The zero-order chi connectivity index (χ0) is 9.68. The highest BCUT2D eigenvalue weighted by atomic mass is 79.9. The van der Waals surface area contributed by atoms with E-state index in [1.807, 2.05) is 6.20 Å². The fraction of sp³-hybridized carbons (Fsp3) is 0.500. The standard InChI is InChI=1S/C10H15BrN2/c1-3-6-13(2)10-5-4-9(7-11)8-12-10/h4-5,8H,3,6-7H2,1-2H3. The third-order valence-corrected chi connectivity index (χ3v) is 2.56. The van der Waals surface area contributed by atoms with Gasteiger partial charge in [-0.3, -0.25) is 0 Å². The van der Waals surface area contributed by atoms with Crippen molar-refractivity contribution >= 4 is 21.7 Å². The van der Waals surface area contributed by atoms with Gasteiger partial charge in [-0.1, -0.05) is 28.9 Å². The van der Waals surface area contributed by atoms with Gasteiger partial charge in [-0.15, -0.1) is 0 Å². The molecule has 1 heterocycles. The van der Waals surface area contributed by atoms with E-state index in [0.29, 0.717) is 0 Å². The Morgan fingerprint density at radius 1 is 1.46 bits per heavy atom. The van der Waals surface area contributed by atoms with Crippen LogP contribution in [0.1, 0.15) is 18.9 Å². The van der Waals surface area contributed by atoms with E-state index in [1.165, 1.54) is 5.56 Å². The first-order chi connectivity index (χ1) is 6.27. The van der Waals surface area contributed by atoms with Crippen LogP contribution in [0.4, 0.5) is 5.82 Å². The number of hydrogen-bond donors (Lipinski definition) is 0. The summed E-state index contributed by atoms with van der Waals surface area (Å²) in [6, 6.07) is 4.16. The molecule has 0 saturated carbocycles. The lowest BCUT2D eigenvalue weighted by Crippen LogP contribution is -2.18. The molecular weight excluding hydrogens is 228 g/mol. The number of anilines is 1. The van der Waals surface area contributed by atoms with Gasteiger partial charge in [0.1, 0.15) is 5.82 Å². The zero-order valence-electron chi connectivity index (χ0n) is 8.13. The van der Waals surface area contributed by atoms with Crippen LogP contribution in [-0.2, 0) is 5.33 Å². The maximum absolute atomic E-state index is 4.36. The Balaban J connectivity index is 2.67. The van der Waals surface area contributed by atoms with Gasteiger partial charge in [0.25, 0.3) is 0 Å². The lowest BCUT2D eigenvalue weighted by molar-refractivity contribution is 0.837. The van der Waals surface area contributed by atoms with E-state index in [9.17, 15) is 0 Å². The van der Waals surface area contributed by atoms with Gasteiger partial charge in [0.2, 0.25) is 0 Å². The third kappa shape index (κ3) is 2.99. The minimum Gasteiger partial charge on any atom is -0.360 e. The molecule has 0 aliphatic heterocycles. The summed E-state index contributed by atoms with van der Waals surface area (Å²) < 4.78 is 0. The number of pyridine rings is 1.